The molecule has 0 bridgehead atoms. The van der Waals surface area contributed by atoms with Crippen LogP contribution in [0.1, 0.15) is 36.0 Å². The van der Waals surface area contributed by atoms with Gasteiger partial charge in [0, 0.05) is 6.08 Å². The zero-order valence-corrected chi connectivity index (χ0v) is 12.2. The molecule has 1 aliphatic carbocycles. The van der Waals surface area contributed by atoms with E-state index in [-0.39, 0.29) is 11.9 Å². The predicted molar refractivity (Wildman–Crippen MR) is 81.5 cm³/mol. The Labute approximate surface area is 129 Å². The molecule has 0 spiro atoms. The Balaban J connectivity index is 1.79. The monoisotopic (exact) mass is 299 g/mol. The largest absolute Gasteiger partial charge is 0.459 e. The summed E-state index contributed by atoms with van der Waals surface area (Å²) >= 11 is 0. The number of carbonyl (C=O) groups is 1. The van der Waals surface area contributed by atoms with Crippen LogP contribution in [0.4, 0.5) is 4.39 Å². The summed E-state index contributed by atoms with van der Waals surface area (Å²) in [6.45, 7) is 0. The van der Waals surface area contributed by atoms with E-state index in [0.717, 1.165) is 25.7 Å². The number of carbonyl (C=O) groups excluding carboxylic acids is 1. The van der Waals surface area contributed by atoms with Crippen molar-refractivity contribution < 1.29 is 13.9 Å². The number of ether oxygens (including phenoxy) is 1. The lowest BCUT2D eigenvalue weighted by Crippen LogP contribution is -2.24. The lowest BCUT2D eigenvalue weighted by Gasteiger charge is -2.26. The maximum atomic E-state index is 12.8. The van der Waals surface area contributed by atoms with Gasteiger partial charge in [-0.25, -0.2) is 9.18 Å². The van der Waals surface area contributed by atoms with E-state index in [2.05, 4.69) is 6.08 Å². The molecule has 2 rings (SSSR count). The molecule has 0 unspecified atom stereocenters. The maximum Gasteiger partial charge on any atom is 0.338 e. The number of esters is 1. The van der Waals surface area contributed by atoms with Crippen molar-refractivity contribution in [2.24, 2.45) is 5.92 Å². The van der Waals surface area contributed by atoms with Crippen LogP contribution in [0.2, 0.25) is 0 Å². The van der Waals surface area contributed by atoms with E-state index in [0.29, 0.717) is 11.5 Å². The minimum Gasteiger partial charge on any atom is -0.459 e. The third-order valence-corrected chi connectivity index (χ3v) is 3.74. The first-order valence-corrected chi connectivity index (χ1v) is 7.38. The van der Waals surface area contributed by atoms with Crippen LogP contribution in [0.25, 0.3) is 0 Å². The van der Waals surface area contributed by atoms with Crippen LogP contribution in [-0.4, -0.2) is 12.1 Å². The molecular formula is C18H18FNO2. The van der Waals surface area contributed by atoms with E-state index in [4.69, 9.17) is 10.00 Å². The van der Waals surface area contributed by atoms with E-state index in [9.17, 15) is 9.18 Å². The van der Waals surface area contributed by atoms with Gasteiger partial charge in [-0.05, 0) is 55.9 Å². The SMILES string of the molecule is N#C/C=C/C=C/C1CCC(OC(=O)c2ccc(F)cc2)CC1. The molecule has 0 heterocycles. The molecule has 0 N–H and O–H groups in total. The minimum atomic E-state index is -0.393. The second-order valence-corrected chi connectivity index (χ2v) is 5.32. The van der Waals surface area contributed by atoms with Crippen LogP contribution in [-0.2, 0) is 4.74 Å². The third kappa shape index (κ3) is 4.85. The van der Waals surface area contributed by atoms with Crippen LogP contribution in [0.15, 0.2) is 48.6 Å². The molecule has 0 amide bonds. The highest BCUT2D eigenvalue weighted by Crippen LogP contribution is 2.27. The third-order valence-electron chi connectivity index (χ3n) is 3.74. The zero-order valence-electron chi connectivity index (χ0n) is 12.2. The van der Waals surface area contributed by atoms with Gasteiger partial charge in [0.1, 0.15) is 11.9 Å². The van der Waals surface area contributed by atoms with Gasteiger partial charge in [0.05, 0.1) is 11.6 Å². The number of hydrogen-bond acceptors (Lipinski definition) is 3. The van der Waals surface area contributed by atoms with Crippen LogP contribution in [0.5, 0.6) is 0 Å². The smallest absolute Gasteiger partial charge is 0.338 e. The molecule has 1 fully saturated rings. The Bertz CT molecular complexity index is 591. The average molecular weight is 299 g/mol. The highest BCUT2D eigenvalue weighted by Gasteiger charge is 2.23. The van der Waals surface area contributed by atoms with Gasteiger partial charge in [0.2, 0.25) is 0 Å². The normalized spacial score (nSPS) is 21.8. The van der Waals surface area contributed by atoms with Gasteiger partial charge in [-0.3, -0.25) is 0 Å². The fourth-order valence-corrected chi connectivity index (χ4v) is 2.52. The summed E-state index contributed by atoms with van der Waals surface area (Å²) < 4.78 is 18.3. The summed E-state index contributed by atoms with van der Waals surface area (Å²) in [5.74, 6) is -0.297. The molecular weight excluding hydrogens is 281 g/mol. The molecule has 22 heavy (non-hydrogen) atoms. The Morgan fingerprint density at radius 3 is 2.50 bits per heavy atom. The lowest BCUT2D eigenvalue weighted by molar-refractivity contribution is 0.0185. The quantitative estimate of drug-likeness (QED) is 0.476. The van der Waals surface area contributed by atoms with Crippen molar-refractivity contribution in [2.45, 2.75) is 31.8 Å². The first-order chi connectivity index (χ1) is 10.7. The Morgan fingerprint density at radius 1 is 1.18 bits per heavy atom. The van der Waals surface area contributed by atoms with Crippen LogP contribution >= 0.6 is 0 Å². The lowest BCUT2D eigenvalue weighted by atomic mass is 9.87. The molecule has 114 valence electrons. The van der Waals surface area contributed by atoms with Crippen molar-refractivity contribution in [1.82, 2.24) is 0 Å². The second-order valence-electron chi connectivity index (χ2n) is 5.32. The fraction of sp³-hybridized carbons (Fsp3) is 0.333. The number of nitrogens with zero attached hydrogens (tertiary/aromatic N) is 1. The Morgan fingerprint density at radius 2 is 1.86 bits per heavy atom. The van der Waals surface area contributed by atoms with E-state index < -0.39 is 5.97 Å². The maximum absolute atomic E-state index is 12.8. The van der Waals surface area contributed by atoms with Crippen molar-refractivity contribution in [2.75, 3.05) is 0 Å². The van der Waals surface area contributed by atoms with E-state index >= 15 is 0 Å². The number of halogens is 1. The van der Waals surface area contributed by atoms with Gasteiger partial charge in [0.15, 0.2) is 0 Å². The molecule has 0 atom stereocenters. The molecule has 0 aliphatic heterocycles. The standard InChI is InChI=1S/C18H18FNO2/c19-16-9-7-15(8-10-16)18(21)22-17-11-5-14(6-12-17)4-2-1-3-13-20/h1-4,7-10,14,17H,5-6,11-12H2/b3-1+,4-2+. The number of benzene rings is 1. The number of rotatable bonds is 4. The van der Waals surface area contributed by atoms with Gasteiger partial charge < -0.3 is 4.74 Å². The van der Waals surface area contributed by atoms with Gasteiger partial charge >= 0.3 is 5.97 Å². The fourth-order valence-electron chi connectivity index (χ4n) is 2.52. The molecule has 1 aromatic rings. The van der Waals surface area contributed by atoms with Crippen LogP contribution in [0, 0.1) is 23.1 Å². The summed E-state index contributed by atoms with van der Waals surface area (Å²) in [5.41, 5.74) is 0.380. The van der Waals surface area contributed by atoms with Gasteiger partial charge in [0.25, 0.3) is 0 Å². The Kier molecular flexibility index (Phi) is 5.91. The summed E-state index contributed by atoms with van der Waals surface area (Å²) in [7, 11) is 0. The molecule has 0 radical (unpaired) electrons. The molecule has 1 aliphatic rings. The van der Waals surface area contributed by atoms with Crippen molar-refractivity contribution in [1.29, 1.82) is 5.26 Å². The number of hydrogen-bond donors (Lipinski definition) is 0. The summed E-state index contributed by atoms with van der Waals surface area (Å²) in [5, 5.41) is 8.39. The molecule has 0 aromatic heterocycles. The van der Waals surface area contributed by atoms with Gasteiger partial charge in [-0.1, -0.05) is 18.2 Å². The average Bonchev–Trinajstić information content (AvgIpc) is 2.54. The van der Waals surface area contributed by atoms with Crippen molar-refractivity contribution >= 4 is 5.97 Å². The number of nitriles is 1. The zero-order chi connectivity index (χ0) is 15.8. The topological polar surface area (TPSA) is 50.1 Å². The van der Waals surface area contributed by atoms with Crippen molar-refractivity contribution in [3.63, 3.8) is 0 Å². The van der Waals surface area contributed by atoms with Crippen molar-refractivity contribution in [3.05, 3.63) is 60.0 Å². The van der Waals surface area contributed by atoms with Crippen molar-refractivity contribution in [3.8, 4) is 6.07 Å². The molecule has 1 aromatic carbocycles. The molecule has 4 heteroatoms. The van der Waals surface area contributed by atoms with E-state index in [1.165, 1.54) is 30.3 Å². The molecule has 3 nitrogen and oxygen atoms in total. The van der Waals surface area contributed by atoms with E-state index in [1.54, 1.807) is 6.08 Å². The molecule has 1 saturated carbocycles. The summed E-state index contributed by atoms with van der Waals surface area (Å²) in [6.07, 6.45) is 10.6. The summed E-state index contributed by atoms with van der Waals surface area (Å²) in [6, 6.07) is 7.33. The number of allylic oxidation sites excluding steroid dienone is 4. The first kappa shape index (κ1) is 16.0. The van der Waals surface area contributed by atoms with E-state index in [1.807, 2.05) is 12.1 Å². The second kappa shape index (κ2) is 8.14. The summed E-state index contributed by atoms with van der Waals surface area (Å²) in [4.78, 5) is 12.0. The highest BCUT2D eigenvalue weighted by molar-refractivity contribution is 5.89. The van der Waals surface area contributed by atoms with Gasteiger partial charge in [-0.2, -0.15) is 5.26 Å². The van der Waals surface area contributed by atoms with Crippen LogP contribution < -0.4 is 0 Å². The molecule has 0 saturated heterocycles. The van der Waals surface area contributed by atoms with Crippen LogP contribution in [0.3, 0.4) is 0 Å². The first-order valence-electron chi connectivity index (χ1n) is 7.38. The minimum absolute atomic E-state index is 0.0724. The highest BCUT2D eigenvalue weighted by atomic mass is 19.1. The predicted octanol–water partition coefficient (Wildman–Crippen LogP) is 4.18. The Hall–Kier alpha value is -2.41. The van der Waals surface area contributed by atoms with Gasteiger partial charge in [-0.15, -0.1) is 0 Å².